The molecule has 0 aliphatic rings. The second kappa shape index (κ2) is 8.89. The maximum absolute atomic E-state index is 13.3. The molecule has 28 heavy (non-hydrogen) atoms. The van der Waals surface area contributed by atoms with Gasteiger partial charge in [-0.3, -0.25) is 0 Å². The number of sulfonamides is 1. The van der Waals surface area contributed by atoms with Crippen LogP contribution in [0.5, 0.6) is 11.5 Å². The normalized spacial score (nSPS) is 11.2. The van der Waals surface area contributed by atoms with E-state index in [0.29, 0.717) is 22.4 Å². The van der Waals surface area contributed by atoms with Crippen LogP contribution >= 0.6 is 27.5 Å². The zero-order valence-electron chi connectivity index (χ0n) is 15.2. The highest BCUT2D eigenvalue weighted by molar-refractivity contribution is 9.08. The van der Waals surface area contributed by atoms with Crippen molar-refractivity contribution in [1.29, 1.82) is 0 Å². The van der Waals surface area contributed by atoms with Crippen LogP contribution < -0.4 is 13.8 Å². The molecule has 0 aliphatic carbocycles. The number of benzene rings is 2. The van der Waals surface area contributed by atoms with Gasteiger partial charge in [-0.25, -0.2) is 17.7 Å². The van der Waals surface area contributed by atoms with Gasteiger partial charge in [0, 0.05) is 28.5 Å². The summed E-state index contributed by atoms with van der Waals surface area (Å²) in [5.41, 5.74) is 1.66. The molecule has 0 bridgehead atoms. The summed E-state index contributed by atoms with van der Waals surface area (Å²) in [7, 11) is -0.761. The first-order valence-corrected chi connectivity index (χ1v) is 11.5. The molecule has 3 aromatic rings. The lowest BCUT2D eigenvalue weighted by Crippen LogP contribution is -2.30. The molecule has 2 aromatic carbocycles. The minimum absolute atomic E-state index is 0.0465. The minimum atomic E-state index is -3.85. The lowest BCUT2D eigenvalue weighted by molar-refractivity contribution is 0.391. The van der Waals surface area contributed by atoms with Crippen LogP contribution in [0.15, 0.2) is 53.7 Å². The summed E-state index contributed by atoms with van der Waals surface area (Å²) in [6, 6.07) is 12.0. The van der Waals surface area contributed by atoms with Crippen molar-refractivity contribution in [2.75, 3.05) is 18.5 Å². The third-order valence-corrected chi connectivity index (χ3v) is 7.24. The highest BCUT2D eigenvalue weighted by Gasteiger charge is 2.28. The van der Waals surface area contributed by atoms with E-state index in [0.717, 1.165) is 17.1 Å². The largest absolute Gasteiger partial charge is 0.497 e. The smallest absolute Gasteiger partial charge is 0.266 e. The fourth-order valence-corrected chi connectivity index (χ4v) is 5.05. The SMILES string of the molecule is COc1ccc(CN(c2ncns2)S(=O)(=O)c2ccc(CBr)cc2)c(OC)c1. The second-order valence-electron chi connectivity index (χ2n) is 5.69. The maximum Gasteiger partial charge on any atom is 0.266 e. The molecular formula is C18H18BrN3O4S2. The van der Waals surface area contributed by atoms with E-state index in [1.165, 1.54) is 17.7 Å². The Bertz CT molecular complexity index is 1030. The predicted octanol–water partition coefficient (Wildman–Crippen LogP) is 3.85. The highest BCUT2D eigenvalue weighted by Crippen LogP contribution is 2.31. The zero-order valence-corrected chi connectivity index (χ0v) is 18.4. The van der Waals surface area contributed by atoms with E-state index >= 15 is 0 Å². The van der Waals surface area contributed by atoms with Crippen LogP contribution in [0, 0.1) is 0 Å². The summed E-state index contributed by atoms with van der Waals surface area (Å²) < 4.78 is 42.5. The topological polar surface area (TPSA) is 81.6 Å². The van der Waals surface area contributed by atoms with E-state index in [9.17, 15) is 8.42 Å². The first kappa shape index (κ1) is 20.6. The molecule has 148 valence electrons. The van der Waals surface area contributed by atoms with Gasteiger partial charge in [0.2, 0.25) is 5.13 Å². The molecule has 0 atom stereocenters. The third-order valence-electron chi connectivity index (χ3n) is 4.04. The summed E-state index contributed by atoms with van der Waals surface area (Å²) in [6.45, 7) is 0.0465. The Morgan fingerprint density at radius 1 is 1.11 bits per heavy atom. The van der Waals surface area contributed by atoms with Gasteiger partial charge in [-0.15, -0.1) is 0 Å². The van der Waals surface area contributed by atoms with Gasteiger partial charge in [0.15, 0.2) is 0 Å². The van der Waals surface area contributed by atoms with Crippen LogP contribution in [0.25, 0.3) is 0 Å². The molecule has 0 saturated heterocycles. The van der Waals surface area contributed by atoms with E-state index < -0.39 is 10.0 Å². The summed E-state index contributed by atoms with van der Waals surface area (Å²) in [6.07, 6.45) is 1.34. The van der Waals surface area contributed by atoms with Gasteiger partial charge in [-0.2, -0.15) is 4.37 Å². The average Bonchev–Trinajstić information content (AvgIpc) is 3.26. The fourth-order valence-electron chi connectivity index (χ4n) is 2.55. The quantitative estimate of drug-likeness (QED) is 0.452. The van der Waals surface area contributed by atoms with Crippen LogP contribution in [-0.4, -0.2) is 32.0 Å². The van der Waals surface area contributed by atoms with Crippen molar-refractivity contribution in [3.8, 4) is 11.5 Å². The lowest BCUT2D eigenvalue weighted by Gasteiger charge is -2.22. The number of alkyl halides is 1. The highest BCUT2D eigenvalue weighted by atomic mass is 79.9. The second-order valence-corrected chi connectivity index (χ2v) is 8.87. The molecule has 3 rings (SSSR count). The molecule has 1 aromatic heterocycles. The van der Waals surface area contributed by atoms with Crippen LogP contribution in [0.1, 0.15) is 11.1 Å². The Kier molecular flexibility index (Phi) is 6.53. The van der Waals surface area contributed by atoms with E-state index in [-0.39, 0.29) is 16.6 Å². The van der Waals surface area contributed by atoms with Gasteiger partial charge in [-0.05, 0) is 29.8 Å². The van der Waals surface area contributed by atoms with E-state index in [1.54, 1.807) is 49.6 Å². The minimum Gasteiger partial charge on any atom is -0.497 e. The number of aromatic nitrogens is 2. The van der Waals surface area contributed by atoms with Gasteiger partial charge < -0.3 is 9.47 Å². The van der Waals surface area contributed by atoms with Gasteiger partial charge in [-0.1, -0.05) is 28.1 Å². The van der Waals surface area contributed by atoms with E-state index in [4.69, 9.17) is 9.47 Å². The molecular weight excluding hydrogens is 466 g/mol. The van der Waals surface area contributed by atoms with Crippen molar-refractivity contribution < 1.29 is 17.9 Å². The Morgan fingerprint density at radius 3 is 2.43 bits per heavy atom. The predicted molar refractivity (Wildman–Crippen MR) is 112 cm³/mol. The number of nitrogens with zero attached hydrogens (tertiary/aromatic N) is 3. The molecule has 0 amide bonds. The van der Waals surface area contributed by atoms with Gasteiger partial charge in [0.25, 0.3) is 10.0 Å². The molecule has 7 nitrogen and oxygen atoms in total. The molecule has 1 heterocycles. The Morgan fingerprint density at radius 2 is 1.86 bits per heavy atom. The van der Waals surface area contributed by atoms with Gasteiger partial charge in [0.05, 0.1) is 25.7 Å². The van der Waals surface area contributed by atoms with Crippen LogP contribution in [0.4, 0.5) is 5.13 Å². The molecule has 0 spiro atoms. The number of halogens is 1. The van der Waals surface area contributed by atoms with Crippen LogP contribution in [0.3, 0.4) is 0 Å². The monoisotopic (exact) mass is 483 g/mol. The maximum atomic E-state index is 13.3. The van der Waals surface area contributed by atoms with Crippen molar-refractivity contribution >= 4 is 42.6 Å². The Labute approximate surface area is 176 Å². The average molecular weight is 484 g/mol. The Hall–Kier alpha value is -2.17. The fraction of sp³-hybridized carbons (Fsp3) is 0.222. The summed E-state index contributed by atoms with van der Waals surface area (Å²) in [4.78, 5) is 4.29. The molecule has 0 unspecified atom stereocenters. The third kappa shape index (κ3) is 4.29. The molecule has 0 radical (unpaired) electrons. The number of hydrogen-bond donors (Lipinski definition) is 0. The summed E-state index contributed by atoms with van der Waals surface area (Å²) >= 11 is 4.38. The van der Waals surface area contributed by atoms with Crippen LogP contribution in [0.2, 0.25) is 0 Å². The first-order valence-electron chi connectivity index (χ1n) is 8.15. The van der Waals surface area contributed by atoms with Gasteiger partial charge >= 0.3 is 0 Å². The first-order chi connectivity index (χ1) is 13.5. The summed E-state index contributed by atoms with van der Waals surface area (Å²) in [5, 5.41) is 0.929. The number of ether oxygens (including phenoxy) is 2. The molecule has 10 heteroatoms. The van der Waals surface area contributed by atoms with Crippen LogP contribution in [-0.2, 0) is 21.9 Å². The zero-order chi connectivity index (χ0) is 20.1. The van der Waals surface area contributed by atoms with Crippen molar-refractivity contribution in [2.24, 2.45) is 0 Å². The molecule has 0 saturated carbocycles. The molecule has 0 N–H and O–H groups in total. The Balaban J connectivity index is 2.03. The number of hydrogen-bond acceptors (Lipinski definition) is 7. The molecule has 0 fully saturated rings. The van der Waals surface area contributed by atoms with Crippen molar-refractivity contribution in [1.82, 2.24) is 9.36 Å². The number of methoxy groups -OCH3 is 2. The van der Waals surface area contributed by atoms with Gasteiger partial charge in [0.1, 0.15) is 17.8 Å². The molecule has 0 aliphatic heterocycles. The standard InChI is InChI=1S/C18H18BrN3O4S2/c1-25-15-6-5-14(17(9-15)26-2)11-22(18-20-12-21-27-18)28(23,24)16-7-3-13(10-19)4-8-16/h3-9,12H,10-11H2,1-2H3. The van der Waals surface area contributed by atoms with Crippen molar-refractivity contribution in [2.45, 2.75) is 16.8 Å². The van der Waals surface area contributed by atoms with Crippen molar-refractivity contribution in [3.05, 3.63) is 59.9 Å². The number of anilines is 1. The van der Waals surface area contributed by atoms with E-state index in [1.807, 2.05) is 0 Å². The van der Waals surface area contributed by atoms with E-state index in [2.05, 4.69) is 25.3 Å². The van der Waals surface area contributed by atoms with Crippen molar-refractivity contribution in [3.63, 3.8) is 0 Å². The summed E-state index contributed by atoms with van der Waals surface area (Å²) in [5.74, 6) is 1.15. The number of rotatable bonds is 8. The lowest BCUT2D eigenvalue weighted by atomic mass is 10.2.